The van der Waals surface area contributed by atoms with E-state index >= 15 is 0 Å². The summed E-state index contributed by atoms with van der Waals surface area (Å²) in [5.74, 6) is 1.34. The Kier molecular flexibility index (Phi) is 4.83. The average molecular weight is 401 g/mol. The maximum atomic E-state index is 5.76. The van der Waals surface area contributed by atoms with Crippen molar-refractivity contribution < 1.29 is 4.74 Å². The van der Waals surface area contributed by atoms with Gasteiger partial charge in [-0.15, -0.1) is 0 Å². The van der Waals surface area contributed by atoms with E-state index in [2.05, 4.69) is 82.5 Å². The average Bonchev–Trinajstić information content (AvgIpc) is 3.38. The predicted octanol–water partition coefficient (Wildman–Crippen LogP) is 5.17. The minimum absolute atomic E-state index is 0.100. The minimum atomic E-state index is 0.100. The van der Waals surface area contributed by atoms with E-state index in [0.29, 0.717) is 5.92 Å². The maximum absolute atomic E-state index is 5.76. The van der Waals surface area contributed by atoms with Crippen LogP contribution in [0.3, 0.4) is 0 Å². The first-order chi connectivity index (χ1) is 14.7. The second kappa shape index (κ2) is 7.65. The molecular weight excluding hydrogens is 372 g/mol. The molecule has 5 heteroatoms. The monoisotopic (exact) mass is 400 g/mol. The van der Waals surface area contributed by atoms with Gasteiger partial charge >= 0.3 is 0 Å². The van der Waals surface area contributed by atoms with Crippen LogP contribution in [0.15, 0.2) is 54.6 Å². The van der Waals surface area contributed by atoms with E-state index in [4.69, 9.17) is 4.74 Å². The third-order valence-corrected chi connectivity index (χ3v) is 6.18. The molecule has 5 rings (SSSR count). The molecule has 0 radical (unpaired) electrons. The van der Waals surface area contributed by atoms with E-state index in [1.54, 1.807) is 7.11 Å². The zero-order valence-corrected chi connectivity index (χ0v) is 17.8. The van der Waals surface area contributed by atoms with Gasteiger partial charge in [-0.05, 0) is 36.1 Å². The zero-order valence-electron chi connectivity index (χ0n) is 17.8. The molecule has 4 aromatic rings. The van der Waals surface area contributed by atoms with Crippen LogP contribution in [0.4, 0.5) is 0 Å². The van der Waals surface area contributed by atoms with Gasteiger partial charge < -0.3 is 9.72 Å². The molecule has 30 heavy (non-hydrogen) atoms. The first kappa shape index (κ1) is 18.9. The highest BCUT2D eigenvalue weighted by Crippen LogP contribution is 2.41. The zero-order chi connectivity index (χ0) is 20.7. The van der Waals surface area contributed by atoms with Crippen LogP contribution in [0, 0.1) is 0 Å². The van der Waals surface area contributed by atoms with Crippen LogP contribution < -0.4 is 4.74 Å². The van der Waals surface area contributed by atoms with Crippen LogP contribution in [0.25, 0.3) is 10.9 Å². The Morgan fingerprint density at radius 3 is 2.73 bits per heavy atom. The lowest BCUT2D eigenvalue weighted by Gasteiger charge is -2.36. The Labute approximate surface area is 177 Å². The number of nitrogens with zero attached hydrogens (tertiary/aromatic N) is 2. The normalized spacial score (nSPS) is 16.9. The molecule has 154 valence electrons. The number of hydrogen-bond acceptors (Lipinski definition) is 3. The van der Waals surface area contributed by atoms with Crippen LogP contribution in [0.5, 0.6) is 5.75 Å². The molecule has 2 N–H and O–H groups in total. The number of benzene rings is 2. The molecule has 2 aromatic heterocycles. The minimum Gasteiger partial charge on any atom is -0.496 e. The number of nitrogens with one attached hydrogen (secondary N) is 2. The second-order valence-corrected chi connectivity index (χ2v) is 8.40. The molecule has 0 fully saturated rings. The summed E-state index contributed by atoms with van der Waals surface area (Å²) in [6, 6.07) is 19.3. The van der Waals surface area contributed by atoms with Crippen molar-refractivity contribution in [1.82, 2.24) is 20.1 Å². The lowest BCUT2D eigenvalue weighted by molar-refractivity contribution is 0.196. The highest BCUT2D eigenvalue weighted by molar-refractivity contribution is 5.85. The van der Waals surface area contributed by atoms with E-state index in [-0.39, 0.29) is 6.04 Å². The third-order valence-electron chi connectivity index (χ3n) is 6.18. The number of aromatic amines is 2. The molecule has 3 heterocycles. The summed E-state index contributed by atoms with van der Waals surface area (Å²) in [7, 11) is 1.75. The van der Waals surface area contributed by atoms with Gasteiger partial charge in [0.2, 0.25) is 0 Å². The van der Waals surface area contributed by atoms with Crippen molar-refractivity contribution in [3.05, 3.63) is 82.8 Å². The Bertz CT molecular complexity index is 1170. The first-order valence-electron chi connectivity index (χ1n) is 10.7. The summed E-state index contributed by atoms with van der Waals surface area (Å²) in [5.41, 5.74) is 7.35. The number of methoxy groups -OCH3 is 1. The molecule has 5 nitrogen and oxygen atoms in total. The molecular formula is C25H28N4O. The molecule has 2 aromatic carbocycles. The fourth-order valence-corrected chi connectivity index (χ4v) is 4.68. The molecule has 0 bridgehead atoms. The van der Waals surface area contributed by atoms with Crippen LogP contribution in [-0.2, 0) is 13.0 Å². The number of para-hydroxylation sites is 2. The second-order valence-electron chi connectivity index (χ2n) is 8.40. The third kappa shape index (κ3) is 3.19. The summed E-state index contributed by atoms with van der Waals surface area (Å²) in [4.78, 5) is 6.25. The van der Waals surface area contributed by atoms with Gasteiger partial charge in [-0.25, -0.2) is 0 Å². The van der Waals surface area contributed by atoms with E-state index < -0.39 is 0 Å². The van der Waals surface area contributed by atoms with Gasteiger partial charge in [-0.1, -0.05) is 50.2 Å². The Morgan fingerprint density at radius 2 is 1.93 bits per heavy atom. The largest absolute Gasteiger partial charge is 0.496 e. The molecule has 0 saturated heterocycles. The van der Waals surface area contributed by atoms with Gasteiger partial charge in [-0.2, -0.15) is 5.10 Å². The molecule has 0 aliphatic carbocycles. The Morgan fingerprint density at radius 1 is 1.13 bits per heavy atom. The SMILES string of the molecule is COc1ccccc1[C@@H]1c2[nH]c3ccccc3c2CCN1Cc1cc(C(C)C)n[nH]1. The van der Waals surface area contributed by atoms with Crippen LogP contribution >= 0.6 is 0 Å². The Balaban J connectivity index is 1.61. The van der Waals surface area contributed by atoms with Gasteiger partial charge in [0.1, 0.15) is 5.75 Å². The number of ether oxygens (including phenoxy) is 1. The van der Waals surface area contributed by atoms with Gasteiger partial charge in [0.15, 0.2) is 0 Å². The summed E-state index contributed by atoms with van der Waals surface area (Å²) in [6.07, 6.45) is 1.02. The quantitative estimate of drug-likeness (QED) is 0.486. The summed E-state index contributed by atoms with van der Waals surface area (Å²) < 4.78 is 5.76. The standard InChI is InChI=1S/C25H28N4O/c1-16(2)22-14-17(27-28-22)15-29-13-12-19-18-8-4-6-10-21(18)26-24(19)25(29)20-9-5-7-11-23(20)30-3/h4-11,14,16,25-26H,12-13,15H2,1-3H3,(H,27,28)/t25-/m1/s1. The predicted molar refractivity (Wildman–Crippen MR) is 120 cm³/mol. The van der Waals surface area contributed by atoms with E-state index in [1.165, 1.54) is 27.7 Å². The highest BCUT2D eigenvalue weighted by Gasteiger charge is 2.33. The molecule has 0 saturated carbocycles. The van der Waals surface area contributed by atoms with Crippen molar-refractivity contribution >= 4 is 10.9 Å². The summed E-state index contributed by atoms with van der Waals surface area (Å²) in [5, 5.41) is 9.09. The lowest BCUT2D eigenvalue weighted by atomic mass is 9.91. The first-order valence-corrected chi connectivity index (χ1v) is 10.7. The summed E-state index contributed by atoms with van der Waals surface area (Å²) in [6.45, 7) is 6.15. The smallest absolute Gasteiger partial charge is 0.124 e. The van der Waals surface area contributed by atoms with Crippen LogP contribution in [0.1, 0.15) is 54.0 Å². The molecule has 0 amide bonds. The maximum Gasteiger partial charge on any atom is 0.124 e. The number of hydrogen-bond donors (Lipinski definition) is 2. The number of aromatic nitrogens is 3. The molecule has 1 aliphatic rings. The van der Waals surface area contributed by atoms with E-state index in [9.17, 15) is 0 Å². The van der Waals surface area contributed by atoms with E-state index in [0.717, 1.165) is 36.6 Å². The molecule has 1 atom stereocenters. The Hall–Kier alpha value is -3.05. The fraction of sp³-hybridized carbons (Fsp3) is 0.320. The molecule has 0 spiro atoms. The molecule has 0 unspecified atom stereocenters. The van der Waals surface area contributed by atoms with Crippen molar-refractivity contribution in [3.8, 4) is 5.75 Å². The van der Waals surface area contributed by atoms with Crippen LogP contribution in [0.2, 0.25) is 0 Å². The van der Waals surface area contributed by atoms with Gasteiger partial charge in [0.25, 0.3) is 0 Å². The molecule has 1 aliphatic heterocycles. The topological polar surface area (TPSA) is 56.9 Å². The van der Waals surface area contributed by atoms with Crippen molar-refractivity contribution in [2.75, 3.05) is 13.7 Å². The van der Waals surface area contributed by atoms with Crippen molar-refractivity contribution in [3.63, 3.8) is 0 Å². The van der Waals surface area contributed by atoms with Crippen molar-refractivity contribution in [2.24, 2.45) is 0 Å². The highest BCUT2D eigenvalue weighted by atomic mass is 16.5. The number of rotatable bonds is 5. The van der Waals surface area contributed by atoms with Crippen molar-refractivity contribution in [1.29, 1.82) is 0 Å². The number of H-pyrrole nitrogens is 2. The fourth-order valence-electron chi connectivity index (χ4n) is 4.68. The van der Waals surface area contributed by atoms with Crippen LogP contribution in [-0.4, -0.2) is 33.7 Å². The van der Waals surface area contributed by atoms with Gasteiger partial charge in [-0.3, -0.25) is 10.00 Å². The van der Waals surface area contributed by atoms with Crippen molar-refractivity contribution in [2.45, 2.75) is 38.8 Å². The summed E-state index contributed by atoms with van der Waals surface area (Å²) >= 11 is 0. The number of fused-ring (bicyclic) bond motifs is 3. The van der Waals surface area contributed by atoms with Gasteiger partial charge in [0, 0.05) is 40.9 Å². The lowest BCUT2D eigenvalue weighted by Crippen LogP contribution is -2.36. The van der Waals surface area contributed by atoms with E-state index in [1.807, 2.05) is 6.07 Å². The van der Waals surface area contributed by atoms with Gasteiger partial charge in [0.05, 0.1) is 18.8 Å².